The molecule has 1 aromatic carbocycles. The van der Waals surface area contributed by atoms with Gasteiger partial charge in [-0.05, 0) is 31.0 Å². The minimum atomic E-state index is -0.348. The van der Waals surface area contributed by atoms with Gasteiger partial charge in [0.05, 0.1) is 5.02 Å². The zero-order chi connectivity index (χ0) is 13.8. The van der Waals surface area contributed by atoms with E-state index in [2.05, 4.69) is 24.1 Å². The molecule has 1 saturated heterocycles. The molecule has 0 amide bonds. The van der Waals surface area contributed by atoms with E-state index in [0.29, 0.717) is 12.1 Å². The maximum absolute atomic E-state index is 13.3. The summed E-state index contributed by atoms with van der Waals surface area (Å²) in [5.74, 6) is -0.348. The summed E-state index contributed by atoms with van der Waals surface area (Å²) in [7, 11) is 0. The Kier molecular flexibility index (Phi) is 5.06. The fourth-order valence-electron chi connectivity index (χ4n) is 2.75. The smallest absolute Gasteiger partial charge is 0.141 e. The topological polar surface area (TPSA) is 15.3 Å². The molecule has 0 spiro atoms. The second-order valence-corrected chi connectivity index (χ2v) is 5.61. The van der Waals surface area contributed by atoms with Crippen LogP contribution in [0.25, 0.3) is 0 Å². The molecule has 1 heterocycles. The molecule has 0 radical (unpaired) electrons. The number of hydrogen-bond donors (Lipinski definition) is 1. The first kappa shape index (κ1) is 14.6. The van der Waals surface area contributed by atoms with Gasteiger partial charge in [0.15, 0.2) is 0 Å². The first-order valence-electron chi connectivity index (χ1n) is 7.10. The molecule has 2 unspecified atom stereocenters. The lowest BCUT2D eigenvalue weighted by Crippen LogP contribution is -2.56. The quantitative estimate of drug-likeness (QED) is 0.904. The second kappa shape index (κ2) is 6.58. The lowest BCUT2D eigenvalue weighted by atomic mass is 10.0. The van der Waals surface area contributed by atoms with Crippen LogP contribution >= 0.6 is 11.6 Å². The minimum absolute atomic E-state index is 0.206. The van der Waals surface area contributed by atoms with Crippen molar-refractivity contribution in [2.75, 3.05) is 18.0 Å². The maximum atomic E-state index is 13.3. The number of hydrogen-bond acceptors (Lipinski definition) is 2. The van der Waals surface area contributed by atoms with E-state index in [1.165, 1.54) is 18.9 Å². The normalized spacial score (nSPS) is 23.7. The number of anilines is 1. The monoisotopic (exact) mass is 284 g/mol. The van der Waals surface area contributed by atoms with Crippen LogP contribution in [0.5, 0.6) is 0 Å². The summed E-state index contributed by atoms with van der Waals surface area (Å²) in [5, 5.41) is 3.80. The van der Waals surface area contributed by atoms with Crippen LogP contribution in [0.1, 0.15) is 33.1 Å². The lowest BCUT2D eigenvalue weighted by molar-refractivity contribution is 0.369. The number of nitrogens with one attached hydrogen (secondary N) is 1. The Bertz CT molecular complexity index is 425. The van der Waals surface area contributed by atoms with E-state index in [9.17, 15) is 4.39 Å². The van der Waals surface area contributed by atoms with Gasteiger partial charge in [-0.25, -0.2) is 4.39 Å². The maximum Gasteiger partial charge on any atom is 0.141 e. The third-order valence-corrected chi connectivity index (χ3v) is 4.13. The summed E-state index contributed by atoms with van der Waals surface area (Å²) in [5.41, 5.74) is 1.03. The van der Waals surface area contributed by atoms with Crippen molar-refractivity contribution in [3.8, 4) is 0 Å². The number of benzene rings is 1. The van der Waals surface area contributed by atoms with Crippen LogP contribution in [-0.4, -0.2) is 25.2 Å². The SMILES string of the molecule is CCCC1CN(c2ccc(F)c(Cl)c2)C(CC)CN1. The highest BCUT2D eigenvalue weighted by Gasteiger charge is 2.26. The standard InChI is InChI=1S/C15H22ClFN2/c1-3-5-11-10-19(12(4-2)9-18-11)13-6-7-15(17)14(16)8-13/h6-8,11-12,18H,3-5,9-10H2,1-2H3. The molecule has 1 fully saturated rings. The Hall–Kier alpha value is -0.800. The van der Waals surface area contributed by atoms with E-state index in [1.807, 2.05) is 6.07 Å². The predicted octanol–water partition coefficient (Wildman–Crippen LogP) is 3.84. The average Bonchev–Trinajstić information content (AvgIpc) is 2.42. The molecular formula is C15H22ClFN2. The molecule has 1 N–H and O–H groups in total. The molecule has 106 valence electrons. The van der Waals surface area contributed by atoms with E-state index in [1.54, 1.807) is 6.07 Å². The number of rotatable bonds is 4. The third kappa shape index (κ3) is 3.40. The molecule has 2 nitrogen and oxygen atoms in total. The first-order chi connectivity index (χ1) is 9.15. The molecular weight excluding hydrogens is 263 g/mol. The van der Waals surface area contributed by atoms with Crippen LogP contribution < -0.4 is 10.2 Å². The van der Waals surface area contributed by atoms with Crippen LogP contribution in [-0.2, 0) is 0 Å². The van der Waals surface area contributed by atoms with E-state index in [0.717, 1.165) is 25.2 Å². The minimum Gasteiger partial charge on any atom is -0.366 e. The van der Waals surface area contributed by atoms with Gasteiger partial charge in [-0.1, -0.05) is 31.9 Å². The van der Waals surface area contributed by atoms with Gasteiger partial charge in [0.1, 0.15) is 5.82 Å². The largest absolute Gasteiger partial charge is 0.366 e. The molecule has 0 aromatic heterocycles. The fraction of sp³-hybridized carbons (Fsp3) is 0.600. The lowest BCUT2D eigenvalue weighted by Gasteiger charge is -2.42. The van der Waals surface area contributed by atoms with Crippen molar-refractivity contribution in [2.24, 2.45) is 0 Å². The van der Waals surface area contributed by atoms with E-state index < -0.39 is 0 Å². The van der Waals surface area contributed by atoms with Gasteiger partial charge in [-0.15, -0.1) is 0 Å². The van der Waals surface area contributed by atoms with E-state index in [-0.39, 0.29) is 10.8 Å². The molecule has 2 atom stereocenters. The number of nitrogens with zero attached hydrogens (tertiary/aromatic N) is 1. The summed E-state index contributed by atoms with van der Waals surface area (Å²) < 4.78 is 13.3. The van der Waals surface area contributed by atoms with Crippen LogP contribution in [0.3, 0.4) is 0 Å². The first-order valence-corrected chi connectivity index (χ1v) is 7.48. The highest BCUT2D eigenvalue weighted by atomic mass is 35.5. The molecule has 0 saturated carbocycles. The molecule has 0 bridgehead atoms. The van der Waals surface area contributed by atoms with Crippen LogP contribution in [0.2, 0.25) is 5.02 Å². The van der Waals surface area contributed by atoms with Gasteiger partial charge < -0.3 is 10.2 Å². The van der Waals surface area contributed by atoms with Crippen LogP contribution in [0, 0.1) is 5.82 Å². The summed E-state index contributed by atoms with van der Waals surface area (Å²) in [4.78, 5) is 2.36. The zero-order valence-corrected chi connectivity index (χ0v) is 12.4. The fourth-order valence-corrected chi connectivity index (χ4v) is 2.93. The van der Waals surface area contributed by atoms with Gasteiger partial charge in [0.2, 0.25) is 0 Å². The molecule has 1 aliphatic heterocycles. The Labute approximate surface area is 119 Å². The summed E-state index contributed by atoms with van der Waals surface area (Å²) in [6.07, 6.45) is 3.41. The third-order valence-electron chi connectivity index (χ3n) is 3.84. The Morgan fingerprint density at radius 1 is 1.42 bits per heavy atom. The van der Waals surface area contributed by atoms with Gasteiger partial charge in [-0.2, -0.15) is 0 Å². The zero-order valence-electron chi connectivity index (χ0n) is 11.6. The van der Waals surface area contributed by atoms with E-state index in [4.69, 9.17) is 11.6 Å². The number of halogens is 2. The Morgan fingerprint density at radius 3 is 2.84 bits per heavy atom. The Morgan fingerprint density at radius 2 is 2.21 bits per heavy atom. The summed E-state index contributed by atoms with van der Waals surface area (Å²) in [6, 6.07) is 6.00. The van der Waals surface area contributed by atoms with Crippen molar-refractivity contribution < 1.29 is 4.39 Å². The molecule has 4 heteroatoms. The summed E-state index contributed by atoms with van der Waals surface area (Å²) in [6.45, 7) is 6.34. The predicted molar refractivity (Wildman–Crippen MR) is 79.5 cm³/mol. The molecule has 2 rings (SSSR count). The average molecular weight is 285 g/mol. The van der Waals surface area contributed by atoms with Crippen LogP contribution in [0.4, 0.5) is 10.1 Å². The molecule has 1 aromatic rings. The highest BCUT2D eigenvalue weighted by Crippen LogP contribution is 2.27. The van der Waals surface area contributed by atoms with Gasteiger partial charge >= 0.3 is 0 Å². The van der Waals surface area contributed by atoms with Crippen molar-refractivity contribution in [3.63, 3.8) is 0 Å². The van der Waals surface area contributed by atoms with Crippen molar-refractivity contribution in [2.45, 2.75) is 45.2 Å². The van der Waals surface area contributed by atoms with Gasteiger partial charge in [0.25, 0.3) is 0 Å². The van der Waals surface area contributed by atoms with E-state index >= 15 is 0 Å². The van der Waals surface area contributed by atoms with Crippen molar-refractivity contribution in [3.05, 3.63) is 29.0 Å². The van der Waals surface area contributed by atoms with Crippen molar-refractivity contribution in [1.29, 1.82) is 0 Å². The Balaban J connectivity index is 2.19. The molecule has 0 aliphatic carbocycles. The van der Waals surface area contributed by atoms with Gasteiger partial charge in [0, 0.05) is 30.9 Å². The van der Waals surface area contributed by atoms with Gasteiger partial charge in [-0.3, -0.25) is 0 Å². The number of piperazine rings is 1. The second-order valence-electron chi connectivity index (χ2n) is 5.21. The van der Waals surface area contributed by atoms with Crippen molar-refractivity contribution in [1.82, 2.24) is 5.32 Å². The van der Waals surface area contributed by atoms with Crippen LogP contribution in [0.15, 0.2) is 18.2 Å². The molecule has 19 heavy (non-hydrogen) atoms. The highest BCUT2D eigenvalue weighted by molar-refractivity contribution is 6.31. The molecule has 1 aliphatic rings. The summed E-state index contributed by atoms with van der Waals surface area (Å²) >= 11 is 5.90. The van der Waals surface area contributed by atoms with Crippen molar-refractivity contribution >= 4 is 17.3 Å².